The summed E-state index contributed by atoms with van der Waals surface area (Å²) in [6.07, 6.45) is 8.00. The molecule has 2 atom stereocenters. The van der Waals surface area contributed by atoms with Crippen LogP contribution in [0.25, 0.3) is 0 Å². The highest BCUT2D eigenvalue weighted by molar-refractivity contribution is 5.85. The molecule has 0 aromatic rings. The Bertz CT molecular complexity index is 297. The molecule has 1 aliphatic carbocycles. The minimum absolute atomic E-state index is 0.0799. The van der Waals surface area contributed by atoms with Crippen LogP contribution in [0, 0.1) is 11.8 Å². The van der Waals surface area contributed by atoms with Crippen LogP contribution in [-0.2, 0) is 9.59 Å². The lowest BCUT2D eigenvalue weighted by molar-refractivity contribution is -0.125. The second kappa shape index (κ2) is 7.25. The minimum Gasteiger partial charge on any atom is -0.356 e. The third-order valence-corrected chi connectivity index (χ3v) is 3.32. The number of nitrogens with one attached hydrogen (secondary N) is 1. The number of carbonyl (C=O) groups is 2. The summed E-state index contributed by atoms with van der Waals surface area (Å²) in [5.74, 6) is 0.464. The van der Waals surface area contributed by atoms with Crippen molar-refractivity contribution < 1.29 is 9.59 Å². The van der Waals surface area contributed by atoms with Gasteiger partial charge in [-0.25, -0.2) is 0 Å². The van der Waals surface area contributed by atoms with Gasteiger partial charge in [0.25, 0.3) is 0 Å². The van der Waals surface area contributed by atoms with E-state index in [1.165, 1.54) is 0 Å². The van der Waals surface area contributed by atoms with Crippen LogP contribution >= 0.6 is 0 Å². The third kappa shape index (κ3) is 4.33. The van der Waals surface area contributed by atoms with E-state index in [2.05, 4.69) is 12.2 Å². The SMILES string of the molecule is C/C=C/C(C(=O)NCCCC)C1CCC(=O)C1. The zero-order chi connectivity index (χ0) is 12.7. The Kier molecular flexibility index (Phi) is 5.95. The summed E-state index contributed by atoms with van der Waals surface area (Å²) in [4.78, 5) is 23.3. The highest BCUT2D eigenvalue weighted by Gasteiger charge is 2.31. The van der Waals surface area contributed by atoms with E-state index >= 15 is 0 Å². The normalized spacial score (nSPS) is 22.0. The lowest BCUT2D eigenvalue weighted by atomic mass is 9.89. The van der Waals surface area contributed by atoms with Crippen LogP contribution in [0.4, 0.5) is 0 Å². The fraction of sp³-hybridized carbons (Fsp3) is 0.714. The van der Waals surface area contributed by atoms with E-state index in [-0.39, 0.29) is 17.7 Å². The minimum atomic E-state index is -0.122. The van der Waals surface area contributed by atoms with Crippen molar-refractivity contribution >= 4 is 11.7 Å². The predicted octanol–water partition coefficient (Wildman–Crippen LogP) is 2.46. The molecule has 0 radical (unpaired) electrons. The van der Waals surface area contributed by atoms with Crippen LogP contribution in [-0.4, -0.2) is 18.2 Å². The molecule has 1 amide bonds. The van der Waals surface area contributed by atoms with Gasteiger partial charge in [0.2, 0.25) is 5.91 Å². The molecule has 1 N–H and O–H groups in total. The summed E-state index contributed by atoms with van der Waals surface area (Å²) in [6, 6.07) is 0. The number of hydrogen-bond donors (Lipinski definition) is 1. The summed E-state index contributed by atoms with van der Waals surface area (Å²) in [7, 11) is 0. The van der Waals surface area contributed by atoms with E-state index in [1.807, 2.05) is 19.1 Å². The molecule has 0 aromatic carbocycles. The van der Waals surface area contributed by atoms with Crippen molar-refractivity contribution in [3.05, 3.63) is 12.2 Å². The first kappa shape index (κ1) is 13.9. The second-order valence-corrected chi connectivity index (χ2v) is 4.74. The van der Waals surface area contributed by atoms with Crippen molar-refractivity contribution in [1.82, 2.24) is 5.32 Å². The van der Waals surface area contributed by atoms with E-state index in [9.17, 15) is 9.59 Å². The summed E-state index contributed by atoms with van der Waals surface area (Å²) in [5, 5.41) is 2.96. The van der Waals surface area contributed by atoms with E-state index in [4.69, 9.17) is 0 Å². The van der Waals surface area contributed by atoms with Crippen LogP contribution < -0.4 is 5.32 Å². The molecule has 17 heavy (non-hydrogen) atoms. The number of hydrogen-bond acceptors (Lipinski definition) is 2. The Balaban J connectivity index is 2.52. The number of allylic oxidation sites excluding steroid dienone is 1. The summed E-state index contributed by atoms with van der Waals surface area (Å²) < 4.78 is 0. The number of rotatable bonds is 6. The van der Waals surface area contributed by atoms with Crippen molar-refractivity contribution in [3.8, 4) is 0 Å². The molecule has 1 fully saturated rings. The van der Waals surface area contributed by atoms with Gasteiger partial charge >= 0.3 is 0 Å². The quantitative estimate of drug-likeness (QED) is 0.570. The first-order chi connectivity index (χ1) is 8.19. The van der Waals surface area contributed by atoms with Gasteiger partial charge in [-0.05, 0) is 25.7 Å². The van der Waals surface area contributed by atoms with E-state index < -0.39 is 0 Å². The van der Waals surface area contributed by atoms with Gasteiger partial charge in [0.15, 0.2) is 0 Å². The largest absolute Gasteiger partial charge is 0.356 e. The van der Waals surface area contributed by atoms with Gasteiger partial charge in [0, 0.05) is 19.4 Å². The number of Topliss-reactive ketones (excluding diaryl/α,β-unsaturated/α-hetero) is 1. The number of ketones is 1. The van der Waals surface area contributed by atoms with Gasteiger partial charge in [0.05, 0.1) is 5.92 Å². The zero-order valence-corrected chi connectivity index (χ0v) is 10.9. The molecule has 3 heteroatoms. The lowest BCUT2D eigenvalue weighted by Gasteiger charge is -2.18. The Morgan fingerprint density at radius 1 is 1.59 bits per heavy atom. The van der Waals surface area contributed by atoms with Crippen LogP contribution in [0.1, 0.15) is 46.0 Å². The highest BCUT2D eigenvalue weighted by atomic mass is 16.2. The van der Waals surface area contributed by atoms with Crippen molar-refractivity contribution in [2.75, 3.05) is 6.54 Å². The van der Waals surface area contributed by atoms with Gasteiger partial charge in [0.1, 0.15) is 5.78 Å². The van der Waals surface area contributed by atoms with Crippen molar-refractivity contribution in [2.45, 2.75) is 46.0 Å². The van der Waals surface area contributed by atoms with E-state index in [0.717, 1.165) is 25.8 Å². The fourth-order valence-corrected chi connectivity index (χ4v) is 2.32. The first-order valence-electron chi connectivity index (χ1n) is 6.61. The Morgan fingerprint density at radius 3 is 2.88 bits per heavy atom. The average molecular weight is 237 g/mol. The van der Waals surface area contributed by atoms with Crippen molar-refractivity contribution in [1.29, 1.82) is 0 Å². The van der Waals surface area contributed by atoms with Gasteiger partial charge in [-0.1, -0.05) is 25.5 Å². The predicted molar refractivity (Wildman–Crippen MR) is 68.6 cm³/mol. The maximum Gasteiger partial charge on any atom is 0.227 e. The molecule has 0 aliphatic heterocycles. The standard InChI is InChI=1S/C14H23NO2/c1-3-5-9-15-14(17)13(6-4-2)11-7-8-12(16)10-11/h4,6,11,13H,3,5,7-10H2,1-2H3,(H,15,17)/b6-4+. The maximum absolute atomic E-state index is 12.0. The Labute approximate surface area is 104 Å². The summed E-state index contributed by atoms with van der Waals surface area (Å²) >= 11 is 0. The summed E-state index contributed by atoms with van der Waals surface area (Å²) in [5.41, 5.74) is 0. The second-order valence-electron chi connectivity index (χ2n) is 4.74. The monoisotopic (exact) mass is 237 g/mol. The van der Waals surface area contributed by atoms with Gasteiger partial charge in [-0.2, -0.15) is 0 Å². The molecule has 96 valence electrons. The molecule has 0 aromatic heterocycles. The lowest BCUT2D eigenvalue weighted by Crippen LogP contribution is -2.34. The van der Waals surface area contributed by atoms with Gasteiger partial charge < -0.3 is 5.32 Å². The van der Waals surface area contributed by atoms with E-state index in [0.29, 0.717) is 18.6 Å². The molecule has 0 bridgehead atoms. The molecular weight excluding hydrogens is 214 g/mol. The van der Waals surface area contributed by atoms with Crippen LogP contribution in [0.5, 0.6) is 0 Å². The third-order valence-electron chi connectivity index (χ3n) is 3.32. The molecule has 0 saturated heterocycles. The molecule has 3 nitrogen and oxygen atoms in total. The first-order valence-corrected chi connectivity index (χ1v) is 6.61. The molecule has 2 unspecified atom stereocenters. The van der Waals surface area contributed by atoms with Crippen molar-refractivity contribution in [3.63, 3.8) is 0 Å². The molecule has 1 rings (SSSR count). The van der Waals surface area contributed by atoms with Crippen LogP contribution in [0.15, 0.2) is 12.2 Å². The number of carbonyl (C=O) groups excluding carboxylic acids is 2. The summed E-state index contributed by atoms with van der Waals surface area (Å²) in [6.45, 7) is 4.76. The van der Waals surface area contributed by atoms with Crippen LogP contribution in [0.3, 0.4) is 0 Å². The maximum atomic E-state index is 12.0. The fourth-order valence-electron chi connectivity index (χ4n) is 2.32. The van der Waals surface area contributed by atoms with Gasteiger partial charge in [-0.15, -0.1) is 0 Å². The topological polar surface area (TPSA) is 46.2 Å². The number of unbranched alkanes of at least 4 members (excludes halogenated alkanes) is 1. The average Bonchev–Trinajstić information content (AvgIpc) is 2.72. The Morgan fingerprint density at radius 2 is 2.35 bits per heavy atom. The van der Waals surface area contributed by atoms with E-state index in [1.54, 1.807) is 0 Å². The van der Waals surface area contributed by atoms with Crippen LogP contribution in [0.2, 0.25) is 0 Å². The van der Waals surface area contributed by atoms with Crippen molar-refractivity contribution in [2.24, 2.45) is 11.8 Å². The molecule has 0 spiro atoms. The number of amides is 1. The molecular formula is C14H23NO2. The van der Waals surface area contributed by atoms with Gasteiger partial charge in [-0.3, -0.25) is 9.59 Å². The zero-order valence-electron chi connectivity index (χ0n) is 10.9. The molecule has 1 saturated carbocycles. The molecule has 0 heterocycles. The Hall–Kier alpha value is -1.12. The smallest absolute Gasteiger partial charge is 0.227 e. The highest BCUT2D eigenvalue weighted by Crippen LogP contribution is 2.30. The molecule has 1 aliphatic rings.